The number of carbonyl (C=O) groups excluding carboxylic acids is 1. The molecule has 1 aromatic heterocycles. The van der Waals surface area contributed by atoms with Crippen molar-refractivity contribution in [2.45, 2.75) is 33.2 Å². The maximum absolute atomic E-state index is 11.8. The minimum atomic E-state index is -1.44. The number of hydrogen-bond acceptors (Lipinski definition) is 3. The van der Waals surface area contributed by atoms with E-state index < -0.39 is 17.3 Å². The first kappa shape index (κ1) is 13.2. The van der Waals surface area contributed by atoms with Gasteiger partial charge in [-0.3, -0.25) is 9.59 Å². The van der Waals surface area contributed by atoms with Crippen molar-refractivity contribution in [3.8, 4) is 0 Å². The quantitative estimate of drug-likeness (QED) is 0.670. The summed E-state index contributed by atoms with van der Waals surface area (Å²) < 4.78 is 0. The Morgan fingerprint density at radius 1 is 1.59 bits per heavy atom. The summed E-state index contributed by atoms with van der Waals surface area (Å²) in [7, 11) is 0. The van der Waals surface area contributed by atoms with Gasteiger partial charge in [-0.05, 0) is 20.3 Å². The van der Waals surface area contributed by atoms with E-state index in [1.54, 1.807) is 12.4 Å². The molecule has 94 valence electrons. The number of amides is 1. The fourth-order valence-corrected chi connectivity index (χ4v) is 1.27. The molecule has 0 radical (unpaired) electrons. The lowest BCUT2D eigenvalue weighted by molar-refractivity contribution is -0.153. The zero-order valence-electron chi connectivity index (χ0n) is 10.2. The summed E-state index contributed by atoms with van der Waals surface area (Å²) in [5, 5.41) is 11.6. The molecule has 0 aromatic carbocycles. The second-order valence-corrected chi connectivity index (χ2v) is 4.34. The number of nitrogens with one attached hydrogen (secondary N) is 2. The monoisotopic (exact) mass is 239 g/mol. The van der Waals surface area contributed by atoms with Gasteiger partial charge in [0.1, 0.15) is 11.2 Å². The van der Waals surface area contributed by atoms with E-state index in [-0.39, 0.29) is 6.04 Å². The van der Waals surface area contributed by atoms with Gasteiger partial charge in [-0.15, -0.1) is 0 Å². The smallest absolute Gasteiger partial charge is 0.318 e. The maximum Gasteiger partial charge on any atom is 0.318 e. The number of H-pyrrole nitrogens is 1. The van der Waals surface area contributed by atoms with Crippen molar-refractivity contribution in [3.05, 3.63) is 18.2 Å². The van der Waals surface area contributed by atoms with Gasteiger partial charge in [0.25, 0.3) is 0 Å². The summed E-state index contributed by atoms with van der Waals surface area (Å²) in [5.74, 6) is -1.04. The Bertz CT molecular complexity index is 398. The van der Waals surface area contributed by atoms with Crippen LogP contribution in [0.15, 0.2) is 12.4 Å². The number of aliphatic carboxylic acids is 1. The zero-order chi connectivity index (χ0) is 13.1. The van der Waals surface area contributed by atoms with Crippen molar-refractivity contribution in [2.24, 2.45) is 5.41 Å². The highest BCUT2D eigenvalue weighted by Crippen LogP contribution is 2.19. The van der Waals surface area contributed by atoms with Crippen molar-refractivity contribution in [2.75, 3.05) is 0 Å². The molecule has 0 aliphatic carbocycles. The third-order valence-electron chi connectivity index (χ3n) is 2.67. The van der Waals surface area contributed by atoms with Gasteiger partial charge >= 0.3 is 5.97 Å². The molecule has 0 aliphatic rings. The molecule has 0 fully saturated rings. The molecule has 1 unspecified atom stereocenters. The third-order valence-corrected chi connectivity index (χ3v) is 2.67. The number of imidazole rings is 1. The van der Waals surface area contributed by atoms with Crippen LogP contribution < -0.4 is 5.32 Å². The van der Waals surface area contributed by atoms with Crippen LogP contribution in [0.3, 0.4) is 0 Å². The molecule has 0 saturated carbocycles. The van der Waals surface area contributed by atoms with Gasteiger partial charge in [0.05, 0.1) is 6.04 Å². The van der Waals surface area contributed by atoms with E-state index in [1.165, 1.54) is 13.8 Å². The molecule has 6 nitrogen and oxygen atoms in total. The van der Waals surface area contributed by atoms with Crippen LogP contribution in [0.5, 0.6) is 0 Å². The van der Waals surface area contributed by atoms with Gasteiger partial charge in [0.2, 0.25) is 5.91 Å². The van der Waals surface area contributed by atoms with Crippen LogP contribution >= 0.6 is 0 Å². The van der Waals surface area contributed by atoms with Crippen LogP contribution in [0, 0.1) is 5.41 Å². The molecule has 0 bridgehead atoms. The number of carboxylic acids is 1. The molecule has 17 heavy (non-hydrogen) atoms. The second-order valence-electron chi connectivity index (χ2n) is 4.34. The SMILES string of the molecule is CCC(NC(=O)C(C)(C)C(=O)O)c1ncc[nH]1. The molecule has 1 heterocycles. The summed E-state index contributed by atoms with van der Waals surface area (Å²) in [4.78, 5) is 29.7. The predicted octanol–water partition coefficient (Wildman–Crippen LogP) is 1.09. The highest BCUT2D eigenvalue weighted by atomic mass is 16.4. The van der Waals surface area contributed by atoms with Gasteiger partial charge in [0, 0.05) is 12.4 Å². The first-order valence-electron chi connectivity index (χ1n) is 5.43. The summed E-state index contributed by atoms with van der Waals surface area (Å²) in [6.07, 6.45) is 3.88. The second kappa shape index (κ2) is 4.99. The van der Waals surface area contributed by atoms with E-state index >= 15 is 0 Å². The normalized spacial score (nSPS) is 13.1. The number of aromatic nitrogens is 2. The average Bonchev–Trinajstić information content (AvgIpc) is 2.78. The molecule has 1 amide bonds. The van der Waals surface area contributed by atoms with Crippen molar-refractivity contribution in [1.82, 2.24) is 15.3 Å². The van der Waals surface area contributed by atoms with Gasteiger partial charge in [0.15, 0.2) is 0 Å². The molecule has 1 aromatic rings. The summed E-state index contributed by atoms with van der Waals surface area (Å²) in [6, 6.07) is -0.295. The van der Waals surface area contributed by atoms with Crippen LogP contribution in [0.4, 0.5) is 0 Å². The van der Waals surface area contributed by atoms with Gasteiger partial charge in [-0.25, -0.2) is 4.98 Å². The highest BCUT2D eigenvalue weighted by molar-refractivity contribution is 6.01. The number of nitrogens with zero attached hydrogens (tertiary/aromatic N) is 1. The Morgan fingerprint density at radius 3 is 2.65 bits per heavy atom. The summed E-state index contributed by atoms with van der Waals surface area (Å²) in [6.45, 7) is 4.64. The van der Waals surface area contributed by atoms with E-state index in [9.17, 15) is 9.59 Å². The average molecular weight is 239 g/mol. The van der Waals surface area contributed by atoms with E-state index in [0.717, 1.165) is 0 Å². The fourth-order valence-electron chi connectivity index (χ4n) is 1.27. The number of aromatic amines is 1. The van der Waals surface area contributed by atoms with Crippen LogP contribution in [-0.2, 0) is 9.59 Å². The van der Waals surface area contributed by atoms with Crippen molar-refractivity contribution in [1.29, 1.82) is 0 Å². The number of carboxylic acid groups (broad SMARTS) is 1. The topological polar surface area (TPSA) is 95.1 Å². The summed E-state index contributed by atoms with van der Waals surface area (Å²) in [5.41, 5.74) is -1.44. The minimum absolute atomic E-state index is 0.295. The van der Waals surface area contributed by atoms with Crippen LogP contribution in [0.1, 0.15) is 39.1 Å². The molecule has 0 aliphatic heterocycles. The molecule has 6 heteroatoms. The Labute approximate surface area is 99.4 Å². The Balaban J connectivity index is 2.77. The minimum Gasteiger partial charge on any atom is -0.480 e. The van der Waals surface area contributed by atoms with Crippen LogP contribution in [-0.4, -0.2) is 27.0 Å². The number of hydrogen-bond donors (Lipinski definition) is 3. The third kappa shape index (κ3) is 2.83. The molecule has 0 saturated heterocycles. The van der Waals surface area contributed by atoms with Gasteiger partial charge < -0.3 is 15.4 Å². The molecule has 1 atom stereocenters. The highest BCUT2D eigenvalue weighted by Gasteiger charge is 2.37. The lowest BCUT2D eigenvalue weighted by Gasteiger charge is -2.22. The van der Waals surface area contributed by atoms with E-state index in [0.29, 0.717) is 12.2 Å². The first-order chi connectivity index (χ1) is 7.89. The van der Waals surface area contributed by atoms with E-state index in [4.69, 9.17) is 5.11 Å². The Hall–Kier alpha value is -1.85. The lowest BCUT2D eigenvalue weighted by atomic mass is 9.92. The van der Waals surface area contributed by atoms with Crippen molar-refractivity contribution in [3.63, 3.8) is 0 Å². The molecule has 0 spiro atoms. The standard InChI is InChI=1S/C11H17N3O3/c1-4-7(8-12-5-6-13-8)14-9(15)11(2,3)10(16)17/h5-7H,4H2,1-3H3,(H,12,13)(H,14,15)(H,16,17). The number of carbonyl (C=O) groups is 2. The zero-order valence-corrected chi connectivity index (χ0v) is 10.2. The molecular formula is C11H17N3O3. The summed E-state index contributed by atoms with van der Waals surface area (Å²) >= 11 is 0. The van der Waals surface area contributed by atoms with Gasteiger partial charge in [-0.1, -0.05) is 6.92 Å². The molecule has 1 rings (SSSR count). The largest absolute Gasteiger partial charge is 0.480 e. The lowest BCUT2D eigenvalue weighted by Crippen LogP contribution is -2.43. The van der Waals surface area contributed by atoms with Crippen LogP contribution in [0.25, 0.3) is 0 Å². The van der Waals surface area contributed by atoms with E-state index in [2.05, 4.69) is 15.3 Å². The van der Waals surface area contributed by atoms with Gasteiger partial charge in [-0.2, -0.15) is 0 Å². The van der Waals surface area contributed by atoms with Crippen molar-refractivity contribution < 1.29 is 14.7 Å². The molecule has 3 N–H and O–H groups in total. The van der Waals surface area contributed by atoms with Crippen LogP contribution in [0.2, 0.25) is 0 Å². The maximum atomic E-state index is 11.8. The Kier molecular flexibility index (Phi) is 3.88. The van der Waals surface area contributed by atoms with E-state index in [1.807, 2.05) is 6.92 Å². The van der Waals surface area contributed by atoms with Crippen molar-refractivity contribution >= 4 is 11.9 Å². The predicted molar refractivity (Wildman–Crippen MR) is 61.2 cm³/mol. The fraction of sp³-hybridized carbons (Fsp3) is 0.545. The first-order valence-corrected chi connectivity index (χ1v) is 5.43. The molecular weight excluding hydrogens is 222 g/mol. The number of rotatable bonds is 5. The Morgan fingerprint density at radius 2 is 2.24 bits per heavy atom.